The highest BCUT2D eigenvalue weighted by atomic mass is 16.5. The molecule has 1 aliphatic rings. The molecule has 114 valence electrons. The van der Waals surface area contributed by atoms with Crippen LogP contribution in [0.25, 0.3) is 0 Å². The van der Waals surface area contributed by atoms with Crippen molar-refractivity contribution < 1.29 is 4.74 Å². The van der Waals surface area contributed by atoms with E-state index in [0.29, 0.717) is 5.41 Å². The van der Waals surface area contributed by atoms with Crippen LogP contribution >= 0.6 is 0 Å². The van der Waals surface area contributed by atoms with Gasteiger partial charge in [-0.25, -0.2) is 0 Å². The number of ether oxygens (including phenoxy) is 1. The average molecular weight is 270 g/mol. The summed E-state index contributed by atoms with van der Waals surface area (Å²) in [5.74, 6) is 0. The van der Waals surface area contributed by atoms with Crippen molar-refractivity contribution in [2.45, 2.75) is 59.0 Å². The van der Waals surface area contributed by atoms with Crippen LogP contribution in [0.5, 0.6) is 0 Å². The zero-order valence-electron chi connectivity index (χ0n) is 13.7. The number of piperidine rings is 1. The summed E-state index contributed by atoms with van der Waals surface area (Å²) in [6.07, 6.45) is 4.95. The predicted molar refractivity (Wildman–Crippen MR) is 82.6 cm³/mol. The number of nitrogens with one attached hydrogen (secondary N) is 1. The molecular formula is C16H34N2O. The highest BCUT2D eigenvalue weighted by molar-refractivity contribution is 4.89. The number of rotatable bonds is 8. The van der Waals surface area contributed by atoms with E-state index in [9.17, 15) is 0 Å². The third-order valence-corrected chi connectivity index (χ3v) is 5.04. The molecule has 19 heavy (non-hydrogen) atoms. The van der Waals surface area contributed by atoms with Crippen LogP contribution in [0.2, 0.25) is 0 Å². The second-order valence-electron chi connectivity index (χ2n) is 6.46. The second kappa shape index (κ2) is 7.61. The molecule has 0 aliphatic carbocycles. The van der Waals surface area contributed by atoms with Gasteiger partial charge in [0.25, 0.3) is 0 Å². The smallest absolute Gasteiger partial charge is 0.0777 e. The van der Waals surface area contributed by atoms with Gasteiger partial charge in [0, 0.05) is 26.7 Å². The highest BCUT2D eigenvalue weighted by Gasteiger charge is 2.35. The van der Waals surface area contributed by atoms with E-state index in [4.69, 9.17) is 4.74 Å². The topological polar surface area (TPSA) is 24.5 Å². The fourth-order valence-corrected chi connectivity index (χ4v) is 3.25. The zero-order chi connectivity index (χ0) is 14.4. The molecule has 1 atom stereocenters. The maximum atomic E-state index is 5.71. The van der Waals surface area contributed by atoms with E-state index in [1.54, 1.807) is 0 Å². The van der Waals surface area contributed by atoms with Crippen molar-refractivity contribution in [2.75, 3.05) is 39.8 Å². The van der Waals surface area contributed by atoms with Gasteiger partial charge in [0.2, 0.25) is 0 Å². The van der Waals surface area contributed by atoms with E-state index >= 15 is 0 Å². The van der Waals surface area contributed by atoms with Crippen LogP contribution in [-0.2, 0) is 4.74 Å². The molecule has 0 aromatic heterocycles. The van der Waals surface area contributed by atoms with Crippen molar-refractivity contribution in [2.24, 2.45) is 5.41 Å². The largest absolute Gasteiger partial charge is 0.377 e. The molecule has 0 amide bonds. The molecule has 0 spiro atoms. The average Bonchev–Trinajstić information content (AvgIpc) is 2.44. The quantitative estimate of drug-likeness (QED) is 0.734. The Labute approximate surface area is 120 Å². The molecule has 1 rings (SSSR count). The summed E-state index contributed by atoms with van der Waals surface area (Å²) in [7, 11) is 1.86. The molecule has 1 N–H and O–H groups in total. The molecule has 1 heterocycles. The van der Waals surface area contributed by atoms with Crippen molar-refractivity contribution in [3.05, 3.63) is 0 Å². The number of methoxy groups -OCH3 is 1. The molecule has 0 bridgehead atoms. The highest BCUT2D eigenvalue weighted by Crippen LogP contribution is 2.31. The van der Waals surface area contributed by atoms with E-state index in [2.05, 4.69) is 37.9 Å². The standard InChI is InChI=1S/C16H34N2O/c1-6-16(7-2,12-17-8-3)14-18-11-9-10-15(4,13-18)19-5/h17H,6-14H2,1-5H3. The molecule has 0 aromatic rings. The summed E-state index contributed by atoms with van der Waals surface area (Å²) in [6, 6.07) is 0. The number of hydrogen-bond acceptors (Lipinski definition) is 3. The van der Waals surface area contributed by atoms with Crippen molar-refractivity contribution in [3.8, 4) is 0 Å². The Balaban J connectivity index is 2.62. The minimum absolute atomic E-state index is 0.0592. The van der Waals surface area contributed by atoms with E-state index < -0.39 is 0 Å². The summed E-state index contributed by atoms with van der Waals surface area (Å²) in [5.41, 5.74) is 0.478. The molecule has 0 saturated carbocycles. The van der Waals surface area contributed by atoms with Crippen molar-refractivity contribution in [1.82, 2.24) is 10.2 Å². The first-order valence-corrected chi connectivity index (χ1v) is 8.01. The Kier molecular flexibility index (Phi) is 6.78. The van der Waals surface area contributed by atoms with Gasteiger partial charge in [0.05, 0.1) is 5.60 Å². The third-order valence-electron chi connectivity index (χ3n) is 5.04. The first-order chi connectivity index (χ1) is 9.03. The lowest BCUT2D eigenvalue weighted by Gasteiger charge is -2.44. The van der Waals surface area contributed by atoms with Gasteiger partial charge in [-0.3, -0.25) is 4.90 Å². The number of hydrogen-bond donors (Lipinski definition) is 1. The zero-order valence-corrected chi connectivity index (χ0v) is 13.7. The van der Waals surface area contributed by atoms with Crippen LogP contribution in [-0.4, -0.2) is 50.3 Å². The van der Waals surface area contributed by atoms with E-state index in [1.807, 2.05) is 7.11 Å². The van der Waals surface area contributed by atoms with E-state index in [-0.39, 0.29) is 5.60 Å². The minimum Gasteiger partial charge on any atom is -0.377 e. The van der Waals surface area contributed by atoms with Crippen molar-refractivity contribution >= 4 is 0 Å². The van der Waals surface area contributed by atoms with Crippen LogP contribution in [0.4, 0.5) is 0 Å². The fraction of sp³-hybridized carbons (Fsp3) is 1.00. The van der Waals surface area contributed by atoms with Gasteiger partial charge >= 0.3 is 0 Å². The summed E-state index contributed by atoms with van der Waals surface area (Å²) < 4.78 is 5.71. The molecule has 3 heteroatoms. The number of likely N-dealkylation sites (tertiary alicyclic amines) is 1. The van der Waals surface area contributed by atoms with Crippen LogP contribution in [0, 0.1) is 5.41 Å². The first-order valence-electron chi connectivity index (χ1n) is 8.01. The van der Waals surface area contributed by atoms with Gasteiger partial charge in [0.15, 0.2) is 0 Å². The van der Waals surface area contributed by atoms with Crippen LogP contribution in [0.15, 0.2) is 0 Å². The van der Waals surface area contributed by atoms with E-state index in [1.165, 1.54) is 38.8 Å². The van der Waals surface area contributed by atoms with Gasteiger partial charge in [-0.15, -0.1) is 0 Å². The summed E-state index contributed by atoms with van der Waals surface area (Å²) in [5, 5.41) is 3.56. The maximum Gasteiger partial charge on any atom is 0.0777 e. The van der Waals surface area contributed by atoms with Gasteiger partial charge in [-0.1, -0.05) is 20.8 Å². The van der Waals surface area contributed by atoms with Gasteiger partial charge in [0.1, 0.15) is 0 Å². The first kappa shape index (κ1) is 16.9. The Bertz CT molecular complexity index is 253. The Morgan fingerprint density at radius 2 is 1.95 bits per heavy atom. The Morgan fingerprint density at radius 3 is 2.47 bits per heavy atom. The van der Waals surface area contributed by atoms with Crippen LogP contribution in [0.3, 0.4) is 0 Å². The van der Waals surface area contributed by atoms with Gasteiger partial charge in [-0.2, -0.15) is 0 Å². The van der Waals surface area contributed by atoms with Crippen molar-refractivity contribution in [1.29, 1.82) is 0 Å². The fourth-order valence-electron chi connectivity index (χ4n) is 3.25. The Hall–Kier alpha value is -0.120. The van der Waals surface area contributed by atoms with Crippen molar-refractivity contribution in [3.63, 3.8) is 0 Å². The second-order valence-corrected chi connectivity index (χ2v) is 6.46. The molecule has 1 unspecified atom stereocenters. The normalized spacial score (nSPS) is 25.7. The monoisotopic (exact) mass is 270 g/mol. The minimum atomic E-state index is 0.0592. The van der Waals surface area contributed by atoms with Crippen LogP contribution < -0.4 is 5.32 Å². The van der Waals surface area contributed by atoms with E-state index in [0.717, 1.165) is 19.6 Å². The summed E-state index contributed by atoms with van der Waals surface area (Å²) in [4.78, 5) is 2.62. The SMILES string of the molecule is CCNCC(CC)(CC)CN1CCCC(C)(OC)C1. The molecule has 3 nitrogen and oxygen atoms in total. The lowest BCUT2D eigenvalue weighted by atomic mass is 9.80. The molecule has 1 fully saturated rings. The van der Waals surface area contributed by atoms with Gasteiger partial charge in [-0.05, 0) is 51.1 Å². The summed E-state index contributed by atoms with van der Waals surface area (Å²) in [6.45, 7) is 14.8. The molecular weight excluding hydrogens is 236 g/mol. The molecule has 1 saturated heterocycles. The molecule has 1 aliphatic heterocycles. The van der Waals surface area contributed by atoms with Crippen LogP contribution in [0.1, 0.15) is 53.4 Å². The lowest BCUT2D eigenvalue weighted by Crippen LogP contribution is -2.52. The Morgan fingerprint density at radius 1 is 1.26 bits per heavy atom. The predicted octanol–water partition coefficient (Wildman–Crippen LogP) is 2.90. The summed E-state index contributed by atoms with van der Waals surface area (Å²) >= 11 is 0. The third kappa shape index (κ3) is 4.73. The molecule has 0 aromatic carbocycles. The maximum absolute atomic E-state index is 5.71. The lowest BCUT2D eigenvalue weighted by molar-refractivity contribution is -0.0600. The van der Waals surface area contributed by atoms with Gasteiger partial charge < -0.3 is 10.1 Å². The molecule has 0 radical (unpaired) electrons. The number of nitrogens with zero attached hydrogens (tertiary/aromatic N) is 1.